The smallest absolute Gasteiger partial charge is 0.240 e. The van der Waals surface area contributed by atoms with E-state index in [4.69, 9.17) is 19.2 Å². The Morgan fingerprint density at radius 2 is 1.63 bits per heavy atom. The van der Waals surface area contributed by atoms with E-state index in [1.807, 2.05) is 24.3 Å². The topological polar surface area (TPSA) is 91.3 Å². The number of benzene rings is 1. The summed E-state index contributed by atoms with van der Waals surface area (Å²) in [7, 11) is 1.61. The van der Waals surface area contributed by atoms with Gasteiger partial charge in [-0.15, -0.1) is 0 Å². The number of carbonyl (C=O) groups excluding carboxylic acids is 2. The molecule has 1 saturated carbocycles. The Hall–Kier alpha value is -2.06. The third-order valence-electron chi connectivity index (χ3n) is 6.13. The molecule has 7 nitrogen and oxygen atoms in total. The van der Waals surface area contributed by atoms with Gasteiger partial charge in [0.15, 0.2) is 11.6 Å². The Morgan fingerprint density at radius 1 is 1.00 bits per heavy atom. The van der Waals surface area contributed by atoms with E-state index >= 15 is 0 Å². The number of ether oxygens (including phenoxy) is 2. The van der Waals surface area contributed by atoms with Crippen molar-refractivity contribution in [2.75, 3.05) is 13.7 Å². The van der Waals surface area contributed by atoms with Crippen LogP contribution < -0.4 is 4.74 Å². The van der Waals surface area contributed by atoms with Gasteiger partial charge in [0.25, 0.3) is 0 Å². The SMILES string of the molecule is COc1ccc(COCC[C@@]2(C)C=C3C(=O)C(C)(C)C(=O)C(C)(C)[C@]3(O)OO2)cc1. The molecule has 1 aromatic carbocycles. The highest BCUT2D eigenvalue weighted by molar-refractivity contribution is 6.19. The number of carbonyl (C=O) groups is 2. The minimum absolute atomic E-state index is 0.0565. The van der Waals surface area contributed by atoms with Crippen molar-refractivity contribution < 1.29 is 33.9 Å². The minimum Gasteiger partial charge on any atom is -0.497 e. The molecule has 0 bridgehead atoms. The molecule has 1 heterocycles. The zero-order valence-corrected chi connectivity index (χ0v) is 18.4. The molecule has 0 spiro atoms. The number of Topliss-reactive ketones (excluding diaryl/α,β-unsaturated/α-hetero) is 2. The fraction of sp³-hybridized carbons (Fsp3) is 0.565. The van der Waals surface area contributed by atoms with Gasteiger partial charge in [0.1, 0.15) is 11.4 Å². The summed E-state index contributed by atoms with van der Waals surface area (Å²) in [6.07, 6.45) is 1.97. The lowest BCUT2D eigenvalue weighted by Gasteiger charge is -2.52. The fourth-order valence-corrected chi connectivity index (χ4v) is 3.96. The molecule has 0 amide bonds. The number of hydrogen-bond donors (Lipinski definition) is 1. The normalized spacial score (nSPS) is 29.9. The van der Waals surface area contributed by atoms with Gasteiger partial charge in [0.2, 0.25) is 5.79 Å². The lowest BCUT2D eigenvalue weighted by molar-refractivity contribution is -0.465. The van der Waals surface area contributed by atoms with E-state index in [0.29, 0.717) is 19.6 Å². The van der Waals surface area contributed by atoms with E-state index in [0.717, 1.165) is 11.3 Å². The summed E-state index contributed by atoms with van der Waals surface area (Å²) < 4.78 is 10.9. The first-order chi connectivity index (χ1) is 13.9. The van der Waals surface area contributed by atoms with Crippen LogP contribution >= 0.6 is 0 Å². The summed E-state index contributed by atoms with van der Waals surface area (Å²) in [4.78, 5) is 36.7. The van der Waals surface area contributed by atoms with Gasteiger partial charge in [0.05, 0.1) is 36.7 Å². The lowest BCUT2D eigenvalue weighted by Crippen LogP contribution is -2.66. The van der Waals surface area contributed by atoms with Crippen LogP contribution in [0.4, 0.5) is 0 Å². The number of ketones is 2. The van der Waals surface area contributed by atoms with E-state index < -0.39 is 33.8 Å². The molecule has 7 heteroatoms. The summed E-state index contributed by atoms with van der Waals surface area (Å²) in [5.74, 6) is -2.20. The van der Waals surface area contributed by atoms with E-state index in [9.17, 15) is 14.7 Å². The van der Waals surface area contributed by atoms with Gasteiger partial charge in [-0.2, -0.15) is 4.89 Å². The molecule has 164 valence electrons. The Bertz CT molecular complexity index is 868. The summed E-state index contributed by atoms with van der Waals surface area (Å²) in [5.41, 5.74) is -2.53. The molecular formula is C23H30O7. The first-order valence-corrected chi connectivity index (χ1v) is 10.0. The monoisotopic (exact) mass is 418 g/mol. The van der Waals surface area contributed by atoms with E-state index in [2.05, 4.69) is 0 Å². The second kappa shape index (κ2) is 7.57. The van der Waals surface area contributed by atoms with Crippen molar-refractivity contribution in [2.45, 2.75) is 59.0 Å². The molecule has 1 fully saturated rings. The molecule has 0 aromatic heterocycles. The molecule has 1 aliphatic heterocycles. The molecule has 2 aliphatic rings. The highest BCUT2D eigenvalue weighted by Crippen LogP contribution is 2.53. The van der Waals surface area contributed by atoms with Crippen molar-refractivity contribution in [3.8, 4) is 5.75 Å². The summed E-state index contributed by atoms with van der Waals surface area (Å²) in [6.45, 7) is 8.76. The van der Waals surface area contributed by atoms with Crippen LogP contribution in [-0.2, 0) is 30.7 Å². The van der Waals surface area contributed by atoms with Gasteiger partial charge >= 0.3 is 0 Å². The predicted molar refractivity (Wildman–Crippen MR) is 108 cm³/mol. The molecule has 30 heavy (non-hydrogen) atoms. The molecule has 2 atom stereocenters. The van der Waals surface area contributed by atoms with Crippen molar-refractivity contribution >= 4 is 11.6 Å². The van der Waals surface area contributed by atoms with Gasteiger partial charge < -0.3 is 14.6 Å². The van der Waals surface area contributed by atoms with Crippen molar-refractivity contribution in [3.05, 3.63) is 41.5 Å². The zero-order chi connectivity index (χ0) is 22.4. The minimum atomic E-state index is -2.12. The standard InChI is InChI=1S/C23H30O7/c1-20(2)18(24)17-13-22(5,29-30-23(17,26)21(3,4)19(20)25)11-12-28-14-15-7-9-16(27-6)10-8-15/h7-10,13,26H,11-12,14H2,1-6H3/t22-,23+/m0/s1. The number of hydrogen-bond acceptors (Lipinski definition) is 7. The zero-order valence-electron chi connectivity index (χ0n) is 18.4. The molecular weight excluding hydrogens is 388 g/mol. The van der Waals surface area contributed by atoms with Gasteiger partial charge in [0, 0.05) is 6.42 Å². The Labute approximate surface area is 176 Å². The Balaban J connectivity index is 1.72. The fourth-order valence-electron chi connectivity index (χ4n) is 3.96. The first-order valence-electron chi connectivity index (χ1n) is 10.0. The number of rotatable bonds is 6. The number of fused-ring (bicyclic) bond motifs is 1. The van der Waals surface area contributed by atoms with Crippen LogP contribution in [0.5, 0.6) is 5.75 Å². The van der Waals surface area contributed by atoms with Crippen LogP contribution in [0.2, 0.25) is 0 Å². The van der Waals surface area contributed by atoms with Gasteiger partial charge in [-0.1, -0.05) is 12.1 Å². The van der Waals surface area contributed by atoms with Crippen molar-refractivity contribution in [3.63, 3.8) is 0 Å². The molecule has 0 unspecified atom stereocenters. The van der Waals surface area contributed by atoms with Crippen molar-refractivity contribution in [1.29, 1.82) is 0 Å². The highest BCUT2D eigenvalue weighted by atomic mass is 17.2. The molecule has 1 aromatic rings. The maximum atomic E-state index is 13.0. The van der Waals surface area contributed by atoms with E-state index in [-0.39, 0.29) is 5.57 Å². The largest absolute Gasteiger partial charge is 0.497 e. The van der Waals surface area contributed by atoms with Crippen LogP contribution in [0.1, 0.15) is 46.6 Å². The van der Waals surface area contributed by atoms with Crippen LogP contribution in [0.3, 0.4) is 0 Å². The second-order valence-corrected chi connectivity index (χ2v) is 9.24. The van der Waals surface area contributed by atoms with Gasteiger partial charge in [-0.3, -0.25) is 9.59 Å². The third kappa shape index (κ3) is 3.60. The summed E-state index contributed by atoms with van der Waals surface area (Å²) >= 11 is 0. The van der Waals surface area contributed by atoms with Crippen LogP contribution in [0.25, 0.3) is 0 Å². The average molecular weight is 418 g/mol. The summed E-state index contributed by atoms with van der Waals surface area (Å²) in [6, 6.07) is 7.57. The maximum Gasteiger partial charge on any atom is 0.240 e. The molecule has 1 N–H and O–H groups in total. The van der Waals surface area contributed by atoms with Gasteiger partial charge in [-0.05, 0) is 58.4 Å². The van der Waals surface area contributed by atoms with Crippen LogP contribution in [-0.4, -0.2) is 41.8 Å². The second-order valence-electron chi connectivity index (χ2n) is 9.24. The quantitative estimate of drug-likeness (QED) is 0.431. The van der Waals surface area contributed by atoms with Crippen LogP contribution in [0, 0.1) is 10.8 Å². The highest BCUT2D eigenvalue weighted by Gasteiger charge is 2.67. The average Bonchev–Trinajstić information content (AvgIpc) is 2.71. The first kappa shape index (κ1) is 22.6. The number of aliphatic hydroxyl groups is 1. The Morgan fingerprint density at radius 3 is 2.23 bits per heavy atom. The van der Waals surface area contributed by atoms with E-state index in [1.165, 1.54) is 0 Å². The molecule has 1 aliphatic carbocycles. The van der Waals surface area contributed by atoms with Gasteiger partial charge in [-0.25, -0.2) is 4.89 Å². The van der Waals surface area contributed by atoms with E-state index in [1.54, 1.807) is 47.8 Å². The number of methoxy groups -OCH3 is 1. The van der Waals surface area contributed by atoms with Crippen LogP contribution in [0.15, 0.2) is 35.9 Å². The summed E-state index contributed by atoms with van der Waals surface area (Å²) in [5, 5.41) is 11.1. The predicted octanol–water partition coefficient (Wildman–Crippen LogP) is 3.14. The lowest BCUT2D eigenvalue weighted by atomic mass is 9.57. The molecule has 3 rings (SSSR count). The Kier molecular flexibility index (Phi) is 5.71. The van der Waals surface area contributed by atoms with Crippen molar-refractivity contribution in [2.24, 2.45) is 10.8 Å². The molecule has 0 saturated heterocycles. The third-order valence-corrected chi connectivity index (χ3v) is 6.13. The molecule has 0 radical (unpaired) electrons. The van der Waals surface area contributed by atoms with Crippen molar-refractivity contribution in [1.82, 2.24) is 0 Å². The maximum absolute atomic E-state index is 13.0.